The normalized spacial score (nSPS) is 21.3. The Hall–Kier alpha value is -3.56. The summed E-state index contributed by atoms with van der Waals surface area (Å²) in [6, 6.07) is 14.1. The maximum atomic E-state index is 13.8. The number of ether oxygens (including phenoxy) is 2. The third-order valence-corrected chi connectivity index (χ3v) is 13.3. The third-order valence-electron chi connectivity index (χ3n) is 8.81. The van der Waals surface area contributed by atoms with E-state index in [0.717, 1.165) is 22.3 Å². The third kappa shape index (κ3) is 5.27. The van der Waals surface area contributed by atoms with Gasteiger partial charge in [0, 0.05) is 13.0 Å². The first-order valence-corrected chi connectivity index (χ1v) is 16.9. The van der Waals surface area contributed by atoms with Crippen molar-refractivity contribution >= 4 is 8.32 Å². The van der Waals surface area contributed by atoms with E-state index in [1.807, 2.05) is 30.3 Å². The Morgan fingerprint density at radius 2 is 1.60 bits per heavy atom. The van der Waals surface area contributed by atoms with Gasteiger partial charge in [0.05, 0.1) is 47.2 Å². The van der Waals surface area contributed by atoms with Crippen molar-refractivity contribution in [3.63, 3.8) is 0 Å². The van der Waals surface area contributed by atoms with E-state index in [1.54, 1.807) is 18.2 Å². The number of halogens is 3. The number of hydrogen-bond acceptors (Lipinski definition) is 6. The van der Waals surface area contributed by atoms with Crippen molar-refractivity contribution in [1.29, 1.82) is 5.26 Å². The molecule has 2 bridgehead atoms. The highest BCUT2D eigenvalue weighted by atomic mass is 28.4. The molecule has 0 radical (unpaired) electrons. The second-order valence-electron chi connectivity index (χ2n) is 12.6. The molecule has 2 N–H and O–H groups in total. The predicted molar refractivity (Wildman–Crippen MR) is 156 cm³/mol. The SMILES string of the molecule is CC(C)(C)[Si](C)(C)OCC[C@@]12C=C[C@@](COCc3ccccc3)(O1)c1c2c(O)n(-c2ccc(C#N)c(C(F)(F)F)c2)c1O. The summed E-state index contributed by atoms with van der Waals surface area (Å²) in [7, 11) is -2.14. The fourth-order valence-corrected chi connectivity index (χ4v) is 6.55. The molecular formula is C32H35F3N2O5Si. The second kappa shape index (κ2) is 10.6. The lowest BCUT2D eigenvalue weighted by molar-refractivity contribution is -0.137. The summed E-state index contributed by atoms with van der Waals surface area (Å²) in [5, 5.41) is 32.3. The summed E-state index contributed by atoms with van der Waals surface area (Å²) in [4.78, 5) is 0. The van der Waals surface area contributed by atoms with Gasteiger partial charge in [0.25, 0.3) is 0 Å². The van der Waals surface area contributed by atoms with E-state index in [2.05, 4.69) is 33.9 Å². The van der Waals surface area contributed by atoms with E-state index < -0.39 is 48.6 Å². The fraction of sp³-hybridized carbons (Fsp3) is 0.406. The van der Waals surface area contributed by atoms with Crippen LogP contribution in [0, 0.1) is 11.3 Å². The first-order valence-electron chi connectivity index (χ1n) is 14.0. The lowest BCUT2D eigenvalue weighted by Crippen LogP contribution is -2.42. The highest BCUT2D eigenvalue weighted by molar-refractivity contribution is 6.74. The van der Waals surface area contributed by atoms with Crippen molar-refractivity contribution in [2.45, 2.75) is 69.3 Å². The van der Waals surface area contributed by atoms with Crippen LogP contribution in [0.25, 0.3) is 5.69 Å². The minimum absolute atomic E-state index is 0.0194. The van der Waals surface area contributed by atoms with Gasteiger partial charge < -0.3 is 24.1 Å². The lowest BCUT2D eigenvalue weighted by Gasteiger charge is -2.37. The zero-order valence-corrected chi connectivity index (χ0v) is 25.7. The van der Waals surface area contributed by atoms with Crippen LogP contribution >= 0.6 is 0 Å². The number of aromatic hydroxyl groups is 2. The van der Waals surface area contributed by atoms with Crippen LogP contribution in [0.2, 0.25) is 18.1 Å². The molecule has 11 heteroatoms. The van der Waals surface area contributed by atoms with Gasteiger partial charge in [-0.1, -0.05) is 51.1 Å². The average molecular weight is 613 g/mol. The zero-order valence-electron chi connectivity index (χ0n) is 24.7. The monoisotopic (exact) mass is 612 g/mol. The van der Waals surface area contributed by atoms with Crippen molar-refractivity contribution in [2.75, 3.05) is 13.2 Å². The Morgan fingerprint density at radius 3 is 2.21 bits per heavy atom. The van der Waals surface area contributed by atoms with E-state index in [9.17, 15) is 28.6 Å². The highest BCUT2D eigenvalue weighted by Crippen LogP contribution is 2.62. The molecule has 2 aliphatic rings. The fourth-order valence-electron chi connectivity index (χ4n) is 5.51. The van der Waals surface area contributed by atoms with Gasteiger partial charge in [0.2, 0.25) is 11.8 Å². The molecule has 2 atom stereocenters. The summed E-state index contributed by atoms with van der Waals surface area (Å²) in [6.07, 6.45) is -0.946. The Morgan fingerprint density at radius 1 is 0.977 bits per heavy atom. The smallest absolute Gasteiger partial charge is 0.417 e. The Labute approximate surface area is 249 Å². The Kier molecular flexibility index (Phi) is 7.58. The molecule has 1 aromatic heterocycles. The molecule has 7 nitrogen and oxygen atoms in total. The molecule has 2 aliphatic heterocycles. The molecule has 43 heavy (non-hydrogen) atoms. The van der Waals surface area contributed by atoms with Crippen molar-refractivity contribution in [3.8, 4) is 23.5 Å². The number of rotatable bonds is 9. The first kappa shape index (κ1) is 30.9. The number of fused-ring (bicyclic) bond motifs is 5. The van der Waals surface area contributed by atoms with Gasteiger partial charge in [-0.2, -0.15) is 18.4 Å². The molecule has 0 saturated carbocycles. The Bertz CT molecular complexity index is 1600. The van der Waals surface area contributed by atoms with Gasteiger partial charge in [-0.15, -0.1) is 0 Å². The van der Waals surface area contributed by atoms with Crippen LogP contribution in [-0.2, 0) is 37.9 Å². The van der Waals surface area contributed by atoms with Crippen LogP contribution < -0.4 is 0 Å². The van der Waals surface area contributed by atoms with Crippen LogP contribution in [0.3, 0.4) is 0 Å². The number of aromatic nitrogens is 1. The molecular weight excluding hydrogens is 577 g/mol. The zero-order chi connectivity index (χ0) is 31.4. The molecule has 5 rings (SSSR count). The summed E-state index contributed by atoms with van der Waals surface area (Å²) < 4.78 is 61.5. The molecule has 0 fully saturated rings. The van der Waals surface area contributed by atoms with Crippen LogP contribution in [0.1, 0.15) is 55.0 Å². The number of alkyl halides is 3. The number of nitriles is 1. The van der Waals surface area contributed by atoms with Crippen LogP contribution in [0.5, 0.6) is 11.8 Å². The molecule has 0 saturated heterocycles. The van der Waals surface area contributed by atoms with Gasteiger partial charge in [-0.25, -0.2) is 0 Å². The number of benzene rings is 2. The number of nitrogens with zero attached hydrogens (tertiary/aromatic N) is 2. The molecule has 0 unspecified atom stereocenters. The maximum absolute atomic E-state index is 13.8. The predicted octanol–water partition coefficient (Wildman–Crippen LogP) is 7.40. The topological polar surface area (TPSA) is 96.9 Å². The largest absolute Gasteiger partial charge is 0.494 e. The lowest BCUT2D eigenvalue weighted by atomic mass is 9.83. The van der Waals surface area contributed by atoms with Crippen molar-refractivity contribution in [1.82, 2.24) is 4.57 Å². The van der Waals surface area contributed by atoms with E-state index in [1.165, 1.54) is 6.07 Å². The van der Waals surface area contributed by atoms with Crippen LogP contribution in [-0.4, -0.2) is 36.3 Å². The summed E-state index contributed by atoms with van der Waals surface area (Å²) in [6.45, 7) is 11.2. The van der Waals surface area contributed by atoms with Crippen molar-refractivity contribution < 1.29 is 37.3 Å². The average Bonchev–Trinajstić information content (AvgIpc) is 3.53. The Balaban J connectivity index is 1.56. The van der Waals surface area contributed by atoms with E-state index in [4.69, 9.17) is 13.9 Å². The molecule has 228 valence electrons. The molecule has 3 heterocycles. The standard InChI is InChI=1S/C32H35F3N2O5Si/c1-29(2,3)43(4,5)41-16-15-30-13-14-31(42-30,20-40-19-21-9-7-6-8-10-21)26-25(30)27(38)37(28(26)39)23-12-11-22(18-36)24(17-23)32(33,34)35/h6-14,17,38-39H,15-16,19-20H2,1-5H3/t30-,31+/m1/s1. The maximum Gasteiger partial charge on any atom is 0.417 e. The summed E-state index contributed by atoms with van der Waals surface area (Å²) in [5.41, 5.74) is -2.98. The highest BCUT2D eigenvalue weighted by Gasteiger charge is 2.61. The molecule has 2 aromatic carbocycles. The first-order chi connectivity index (χ1) is 20.1. The van der Waals surface area contributed by atoms with Gasteiger partial charge >= 0.3 is 6.18 Å². The van der Waals surface area contributed by atoms with Crippen molar-refractivity contribution in [3.05, 3.63) is 88.5 Å². The van der Waals surface area contributed by atoms with Gasteiger partial charge in [-0.3, -0.25) is 4.57 Å². The minimum atomic E-state index is -4.82. The van der Waals surface area contributed by atoms with Gasteiger partial charge in [0.15, 0.2) is 8.32 Å². The summed E-state index contributed by atoms with van der Waals surface area (Å²) >= 11 is 0. The van der Waals surface area contributed by atoms with Crippen LogP contribution in [0.15, 0.2) is 60.7 Å². The quantitative estimate of drug-likeness (QED) is 0.193. The molecule has 0 amide bonds. The second-order valence-corrected chi connectivity index (χ2v) is 17.4. The summed E-state index contributed by atoms with van der Waals surface area (Å²) in [5.74, 6) is -0.919. The molecule has 3 aromatic rings. The minimum Gasteiger partial charge on any atom is -0.494 e. The molecule has 0 aliphatic carbocycles. The van der Waals surface area contributed by atoms with E-state index in [-0.39, 0.29) is 35.1 Å². The number of hydrogen-bond donors (Lipinski definition) is 2. The van der Waals surface area contributed by atoms with E-state index in [0.29, 0.717) is 13.0 Å². The van der Waals surface area contributed by atoms with E-state index >= 15 is 0 Å². The van der Waals surface area contributed by atoms with Crippen molar-refractivity contribution in [2.24, 2.45) is 0 Å². The molecule has 0 spiro atoms. The van der Waals surface area contributed by atoms with Crippen LogP contribution in [0.4, 0.5) is 13.2 Å². The van der Waals surface area contributed by atoms with Gasteiger partial charge in [-0.05, 0) is 54.0 Å². The van der Waals surface area contributed by atoms with Gasteiger partial charge in [0.1, 0.15) is 11.2 Å².